The van der Waals surface area contributed by atoms with Crippen molar-refractivity contribution in [2.75, 3.05) is 39.3 Å². The van der Waals surface area contributed by atoms with Crippen LogP contribution in [0.5, 0.6) is 0 Å². The summed E-state index contributed by atoms with van der Waals surface area (Å²) in [6.45, 7) is 3.05. The molecule has 3 aliphatic rings. The number of nitrogen functional groups attached to an aromatic ring is 1. The van der Waals surface area contributed by atoms with E-state index in [2.05, 4.69) is 16.0 Å². The summed E-state index contributed by atoms with van der Waals surface area (Å²) in [5.41, 5.74) is 4.35. The molecule has 0 bridgehead atoms. The number of hydrogen-bond donors (Lipinski definition) is 6. The van der Waals surface area contributed by atoms with Gasteiger partial charge in [0.05, 0.1) is 25.2 Å². The van der Waals surface area contributed by atoms with E-state index in [0.29, 0.717) is 25.2 Å². The fraction of sp³-hybridized carbons (Fsp3) is 0.542. The second-order valence-corrected chi connectivity index (χ2v) is 9.59. The van der Waals surface area contributed by atoms with Gasteiger partial charge in [-0.3, -0.25) is 19.8 Å². The van der Waals surface area contributed by atoms with Gasteiger partial charge < -0.3 is 36.6 Å². The molecule has 12 heteroatoms. The third kappa shape index (κ3) is 4.65. The fourth-order valence-electron chi connectivity index (χ4n) is 5.44. The average Bonchev–Trinajstić information content (AvgIpc) is 3.68. The summed E-state index contributed by atoms with van der Waals surface area (Å²) in [5, 5.41) is 27.2. The van der Waals surface area contributed by atoms with Crippen LogP contribution in [0.3, 0.4) is 0 Å². The SMILES string of the molecule is CC(NC(=O)c1ccc(C(=N)N)cc1)C(C(=O)O)(C(C1CC1)N1CCNCC1=O)N1CCNCC1=O. The molecule has 2 heterocycles. The third-order valence-corrected chi connectivity index (χ3v) is 7.33. The highest BCUT2D eigenvalue weighted by Gasteiger charge is 2.63. The molecule has 2 aliphatic heterocycles. The predicted molar refractivity (Wildman–Crippen MR) is 130 cm³/mol. The summed E-state index contributed by atoms with van der Waals surface area (Å²) in [4.78, 5) is 55.6. The Bertz CT molecular complexity index is 1060. The summed E-state index contributed by atoms with van der Waals surface area (Å²) >= 11 is 0. The molecule has 3 atom stereocenters. The molecule has 7 N–H and O–H groups in total. The topological polar surface area (TPSA) is 181 Å². The average molecular weight is 500 g/mol. The Balaban J connectivity index is 1.75. The maximum atomic E-state index is 13.3. The van der Waals surface area contributed by atoms with Crippen molar-refractivity contribution >= 4 is 29.5 Å². The summed E-state index contributed by atoms with van der Waals surface area (Å²) < 4.78 is 0. The van der Waals surface area contributed by atoms with Gasteiger partial charge in [-0.1, -0.05) is 12.1 Å². The van der Waals surface area contributed by atoms with Gasteiger partial charge in [0.2, 0.25) is 11.8 Å². The number of carboxylic acids is 1. The van der Waals surface area contributed by atoms with Gasteiger partial charge in [0.15, 0.2) is 5.54 Å². The molecule has 1 saturated carbocycles. The molecule has 12 nitrogen and oxygen atoms in total. The van der Waals surface area contributed by atoms with Crippen LogP contribution in [0.15, 0.2) is 24.3 Å². The van der Waals surface area contributed by atoms with Gasteiger partial charge >= 0.3 is 5.97 Å². The van der Waals surface area contributed by atoms with Gasteiger partial charge in [-0.15, -0.1) is 0 Å². The minimum atomic E-state index is -1.86. The maximum absolute atomic E-state index is 13.3. The molecule has 36 heavy (non-hydrogen) atoms. The van der Waals surface area contributed by atoms with Gasteiger partial charge in [0.1, 0.15) is 5.84 Å². The Morgan fingerprint density at radius 1 is 1.08 bits per heavy atom. The number of nitrogens with zero attached hydrogens (tertiary/aromatic N) is 2. The van der Waals surface area contributed by atoms with Gasteiger partial charge in [0, 0.05) is 37.3 Å². The lowest BCUT2D eigenvalue weighted by molar-refractivity contribution is -0.172. The van der Waals surface area contributed by atoms with E-state index in [4.69, 9.17) is 11.1 Å². The summed E-state index contributed by atoms with van der Waals surface area (Å²) in [5.74, 6) is -2.60. The molecule has 1 aliphatic carbocycles. The van der Waals surface area contributed by atoms with Crippen LogP contribution in [0.25, 0.3) is 0 Å². The van der Waals surface area contributed by atoms with E-state index in [0.717, 1.165) is 12.8 Å². The van der Waals surface area contributed by atoms with Crippen LogP contribution in [0.4, 0.5) is 0 Å². The summed E-state index contributed by atoms with van der Waals surface area (Å²) in [6.07, 6.45) is 1.48. The first kappa shape index (κ1) is 25.6. The zero-order valence-corrected chi connectivity index (χ0v) is 20.3. The van der Waals surface area contributed by atoms with Crippen molar-refractivity contribution in [1.29, 1.82) is 5.41 Å². The summed E-state index contributed by atoms with van der Waals surface area (Å²) in [7, 11) is 0. The van der Waals surface area contributed by atoms with E-state index in [1.165, 1.54) is 17.0 Å². The molecule has 4 rings (SSSR count). The highest BCUT2D eigenvalue weighted by molar-refractivity contribution is 5.99. The van der Waals surface area contributed by atoms with Crippen LogP contribution < -0.4 is 21.7 Å². The van der Waals surface area contributed by atoms with Crippen molar-refractivity contribution in [2.24, 2.45) is 11.7 Å². The minimum absolute atomic E-state index is 0.0188. The van der Waals surface area contributed by atoms with Gasteiger partial charge in [-0.05, 0) is 37.8 Å². The maximum Gasteiger partial charge on any atom is 0.333 e. The molecule has 1 aromatic carbocycles. The molecule has 0 radical (unpaired) electrons. The Labute approximate surface area is 209 Å². The van der Waals surface area contributed by atoms with Crippen molar-refractivity contribution in [2.45, 2.75) is 37.4 Å². The van der Waals surface area contributed by atoms with Crippen LogP contribution in [0.2, 0.25) is 0 Å². The van der Waals surface area contributed by atoms with Crippen molar-refractivity contribution in [3.05, 3.63) is 35.4 Å². The predicted octanol–water partition coefficient (Wildman–Crippen LogP) is -1.45. The molecule has 2 saturated heterocycles. The second kappa shape index (κ2) is 10.2. The van der Waals surface area contributed by atoms with Gasteiger partial charge in [-0.2, -0.15) is 0 Å². The van der Waals surface area contributed by atoms with Crippen LogP contribution in [0.1, 0.15) is 35.7 Å². The van der Waals surface area contributed by atoms with E-state index in [9.17, 15) is 24.3 Å². The Kier molecular flexibility index (Phi) is 7.27. The number of nitrogens with one attached hydrogen (secondary N) is 4. The third-order valence-electron chi connectivity index (χ3n) is 7.33. The fourth-order valence-corrected chi connectivity index (χ4v) is 5.44. The number of hydrogen-bond acceptors (Lipinski definition) is 7. The van der Waals surface area contributed by atoms with Crippen LogP contribution in [0, 0.1) is 11.3 Å². The number of aliphatic carboxylic acids is 1. The normalized spacial score (nSPS) is 21.9. The number of rotatable bonds is 9. The molecule has 0 spiro atoms. The molecule has 0 aromatic heterocycles. The number of piperazine rings is 2. The number of amidine groups is 1. The van der Waals surface area contributed by atoms with Gasteiger partial charge in [-0.25, -0.2) is 4.79 Å². The van der Waals surface area contributed by atoms with E-state index in [-0.39, 0.29) is 48.8 Å². The van der Waals surface area contributed by atoms with Crippen LogP contribution >= 0.6 is 0 Å². The monoisotopic (exact) mass is 499 g/mol. The van der Waals surface area contributed by atoms with Crippen molar-refractivity contribution < 1.29 is 24.3 Å². The van der Waals surface area contributed by atoms with Crippen LogP contribution in [-0.2, 0) is 14.4 Å². The lowest BCUT2D eigenvalue weighted by atomic mass is 9.76. The quantitative estimate of drug-likeness (QED) is 0.176. The summed E-state index contributed by atoms with van der Waals surface area (Å²) in [6, 6.07) is 4.29. The van der Waals surface area contributed by atoms with E-state index < -0.39 is 29.5 Å². The second-order valence-electron chi connectivity index (χ2n) is 9.59. The van der Waals surface area contributed by atoms with Crippen molar-refractivity contribution in [3.63, 3.8) is 0 Å². The van der Waals surface area contributed by atoms with E-state index in [1.807, 2.05) is 0 Å². The smallest absolute Gasteiger partial charge is 0.333 e. The highest BCUT2D eigenvalue weighted by atomic mass is 16.4. The minimum Gasteiger partial charge on any atom is -0.479 e. The number of carbonyl (C=O) groups is 4. The number of carboxylic acid groups (broad SMARTS) is 1. The number of amides is 3. The Hall–Kier alpha value is -3.51. The molecule has 3 amide bonds. The number of benzene rings is 1. The molecular weight excluding hydrogens is 466 g/mol. The van der Waals surface area contributed by atoms with Crippen molar-refractivity contribution in [1.82, 2.24) is 25.8 Å². The standard InChI is InChI=1S/C24H33N7O5/c1-14(29-22(34)17-6-4-16(5-7-17)21(25)26)24(23(35)36,31-11-9-28-13-19(31)33)20(15-2-3-15)30-10-8-27-12-18(30)32/h4-7,14-15,20,27-28H,2-3,8-13H2,1H3,(H3,25,26)(H,29,34)(H,35,36). The first-order valence-electron chi connectivity index (χ1n) is 12.2. The highest BCUT2D eigenvalue weighted by Crippen LogP contribution is 2.44. The molecule has 1 aromatic rings. The molecule has 194 valence electrons. The molecule has 3 fully saturated rings. The lowest BCUT2D eigenvalue weighted by Gasteiger charge is -2.53. The number of carbonyl (C=O) groups excluding carboxylic acids is 3. The first-order valence-corrected chi connectivity index (χ1v) is 12.2. The molecule has 3 unspecified atom stereocenters. The lowest BCUT2D eigenvalue weighted by Crippen LogP contribution is -2.79. The largest absolute Gasteiger partial charge is 0.479 e. The van der Waals surface area contributed by atoms with Gasteiger partial charge in [0.25, 0.3) is 5.91 Å². The Morgan fingerprint density at radius 2 is 1.67 bits per heavy atom. The Morgan fingerprint density at radius 3 is 2.19 bits per heavy atom. The number of nitrogens with two attached hydrogens (primary N) is 1. The zero-order chi connectivity index (χ0) is 26.0. The van der Waals surface area contributed by atoms with E-state index in [1.54, 1.807) is 24.0 Å². The van der Waals surface area contributed by atoms with E-state index >= 15 is 0 Å². The molecular formula is C24H33N7O5. The van der Waals surface area contributed by atoms with Crippen LogP contribution in [-0.4, -0.2) is 101 Å². The zero-order valence-electron chi connectivity index (χ0n) is 20.3. The van der Waals surface area contributed by atoms with Crippen molar-refractivity contribution in [3.8, 4) is 0 Å². The first-order chi connectivity index (χ1) is 17.2.